The van der Waals surface area contributed by atoms with Gasteiger partial charge in [-0.15, -0.1) is 24.0 Å². The molecule has 7 nitrogen and oxygen atoms in total. The molecule has 1 aromatic heterocycles. The molecule has 1 aliphatic rings. The molecule has 0 aliphatic carbocycles. The smallest absolute Gasteiger partial charge is 0.223 e. The number of nitrogens with zero attached hydrogens (tertiary/aromatic N) is 4. The zero-order chi connectivity index (χ0) is 15.2. The van der Waals surface area contributed by atoms with Gasteiger partial charge in [0.1, 0.15) is 0 Å². The molecule has 0 radical (unpaired) electrons. The summed E-state index contributed by atoms with van der Waals surface area (Å²) >= 11 is 0. The summed E-state index contributed by atoms with van der Waals surface area (Å²) in [5, 5.41) is 10.5. The van der Waals surface area contributed by atoms with E-state index in [1.165, 1.54) is 0 Å². The minimum atomic E-state index is 0. The number of likely N-dealkylation sites (tertiary alicyclic amines) is 1. The predicted molar refractivity (Wildman–Crippen MR) is 97.5 cm³/mol. The minimum absolute atomic E-state index is 0. The largest absolute Gasteiger partial charge is 0.354 e. The van der Waals surface area contributed by atoms with Gasteiger partial charge in [-0.1, -0.05) is 5.16 Å². The van der Waals surface area contributed by atoms with Crippen LogP contribution in [0.4, 0.5) is 0 Å². The number of hydrogen-bond acceptors (Lipinski definition) is 5. The maximum atomic E-state index is 4.95. The highest BCUT2D eigenvalue weighted by Crippen LogP contribution is 2.12. The highest BCUT2D eigenvalue weighted by molar-refractivity contribution is 14.0. The van der Waals surface area contributed by atoms with Crippen LogP contribution in [0.3, 0.4) is 0 Å². The first-order chi connectivity index (χ1) is 10.1. The lowest BCUT2D eigenvalue weighted by atomic mass is 10.0. The van der Waals surface area contributed by atoms with Gasteiger partial charge in [-0.05, 0) is 26.7 Å². The summed E-state index contributed by atoms with van der Waals surface area (Å²) in [5.74, 6) is 2.02. The van der Waals surface area contributed by atoms with E-state index in [9.17, 15) is 0 Å². The van der Waals surface area contributed by atoms with Gasteiger partial charge >= 0.3 is 0 Å². The summed E-state index contributed by atoms with van der Waals surface area (Å²) in [5.41, 5.74) is 0. The Balaban J connectivity index is 0.00000242. The fraction of sp³-hybridized carbons (Fsp3) is 0.786. The van der Waals surface area contributed by atoms with Crippen LogP contribution in [0, 0.1) is 6.92 Å². The van der Waals surface area contributed by atoms with E-state index in [1.54, 1.807) is 14.0 Å². The van der Waals surface area contributed by atoms with Crippen LogP contribution in [0.15, 0.2) is 9.52 Å². The zero-order valence-electron chi connectivity index (χ0n) is 13.8. The second kappa shape index (κ2) is 9.29. The third kappa shape index (κ3) is 5.71. The SMILES string of the molecule is CN=C(NCc1noc(C)n1)NC1CCN(C(C)C)CC1.I. The van der Waals surface area contributed by atoms with Crippen molar-refractivity contribution in [1.29, 1.82) is 0 Å². The highest BCUT2D eigenvalue weighted by Gasteiger charge is 2.21. The van der Waals surface area contributed by atoms with Gasteiger partial charge in [0.05, 0.1) is 6.54 Å². The van der Waals surface area contributed by atoms with Crippen molar-refractivity contribution in [3.8, 4) is 0 Å². The summed E-state index contributed by atoms with van der Waals surface area (Å²) < 4.78 is 4.95. The Kier molecular flexibility index (Phi) is 8.08. The number of piperidine rings is 1. The fourth-order valence-electron chi connectivity index (χ4n) is 2.52. The maximum absolute atomic E-state index is 4.95. The summed E-state index contributed by atoms with van der Waals surface area (Å²) in [7, 11) is 1.78. The van der Waals surface area contributed by atoms with Crippen molar-refractivity contribution in [2.75, 3.05) is 20.1 Å². The van der Waals surface area contributed by atoms with Gasteiger partial charge in [0.25, 0.3) is 0 Å². The van der Waals surface area contributed by atoms with Crippen LogP contribution in [-0.2, 0) is 6.54 Å². The Morgan fingerprint density at radius 2 is 2.09 bits per heavy atom. The Hall–Kier alpha value is -0.900. The van der Waals surface area contributed by atoms with Crippen LogP contribution in [0.5, 0.6) is 0 Å². The molecular formula is C14H27IN6O. The molecule has 1 fully saturated rings. The van der Waals surface area contributed by atoms with Gasteiger partial charge in [0.2, 0.25) is 5.89 Å². The quantitative estimate of drug-likeness (QED) is 0.436. The fourth-order valence-corrected chi connectivity index (χ4v) is 2.52. The number of rotatable bonds is 4. The van der Waals surface area contributed by atoms with Gasteiger partial charge in [-0.2, -0.15) is 4.98 Å². The molecule has 0 amide bonds. The Bertz CT molecular complexity index is 468. The van der Waals surface area contributed by atoms with Crippen LogP contribution < -0.4 is 10.6 Å². The zero-order valence-corrected chi connectivity index (χ0v) is 16.1. The van der Waals surface area contributed by atoms with E-state index in [0.717, 1.165) is 31.9 Å². The molecule has 0 unspecified atom stereocenters. The minimum Gasteiger partial charge on any atom is -0.354 e. The first-order valence-electron chi connectivity index (χ1n) is 7.59. The van der Waals surface area contributed by atoms with Crippen LogP contribution in [-0.4, -0.2) is 53.2 Å². The Labute approximate surface area is 149 Å². The lowest BCUT2D eigenvalue weighted by Crippen LogP contribution is -2.49. The van der Waals surface area contributed by atoms with Crippen molar-refractivity contribution in [3.05, 3.63) is 11.7 Å². The summed E-state index contributed by atoms with van der Waals surface area (Å²) in [4.78, 5) is 10.9. The standard InChI is InChI=1S/C14H26N6O.HI/c1-10(2)20-7-5-12(6-8-20)18-14(15-4)16-9-13-17-11(3)21-19-13;/h10,12H,5-9H2,1-4H3,(H2,15,16,18);1H. The monoisotopic (exact) mass is 422 g/mol. The molecular weight excluding hydrogens is 395 g/mol. The van der Waals surface area contributed by atoms with Crippen LogP contribution in [0.25, 0.3) is 0 Å². The Morgan fingerprint density at radius 3 is 2.59 bits per heavy atom. The number of nitrogens with one attached hydrogen (secondary N) is 2. The number of aryl methyl sites for hydroxylation is 1. The maximum Gasteiger partial charge on any atom is 0.223 e. The van der Waals surface area contributed by atoms with Crippen molar-refractivity contribution < 1.29 is 4.52 Å². The molecule has 2 N–H and O–H groups in total. The van der Waals surface area contributed by atoms with Crippen LogP contribution in [0.2, 0.25) is 0 Å². The number of aromatic nitrogens is 2. The summed E-state index contributed by atoms with van der Waals surface area (Å²) in [6.07, 6.45) is 2.28. The molecule has 2 rings (SSSR count). The highest BCUT2D eigenvalue weighted by atomic mass is 127. The lowest BCUT2D eigenvalue weighted by Gasteiger charge is -2.35. The van der Waals surface area contributed by atoms with E-state index in [2.05, 4.69) is 44.5 Å². The van der Waals surface area contributed by atoms with Gasteiger partial charge < -0.3 is 20.1 Å². The Morgan fingerprint density at radius 1 is 1.41 bits per heavy atom. The first kappa shape index (κ1) is 19.1. The van der Waals surface area contributed by atoms with E-state index in [-0.39, 0.29) is 24.0 Å². The lowest BCUT2D eigenvalue weighted by molar-refractivity contribution is 0.167. The number of halogens is 1. The second-order valence-corrected chi connectivity index (χ2v) is 5.70. The van der Waals surface area contributed by atoms with E-state index < -0.39 is 0 Å². The molecule has 1 aromatic rings. The van der Waals surface area contributed by atoms with E-state index >= 15 is 0 Å². The van der Waals surface area contributed by atoms with Gasteiger partial charge in [-0.25, -0.2) is 0 Å². The first-order valence-corrected chi connectivity index (χ1v) is 7.59. The molecule has 126 valence electrons. The molecule has 8 heteroatoms. The average molecular weight is 422 g/mol. The number of guanidine groups is 1. The van der Waals surface area contributed by atoms with Crippen molar-refractivity contribution in [3.63, 3.8) is 0 Å². The third-order valence-electron chi connectivity index (χ3n) is 3.81. The van der Waals surface area contributed by atoms with Crippen LogP contribution >= 0.6 is 24.0 Å². The third-order valence-corrected chi connectivity index (χ3v) is 3.81. The van der Waals surface area contributed by atoms with Crippen molar-refractivity contribution in [1.82, 2.24) is 25.7 Å². The van der Waals surface area contributed by atoms with Gasteiger partial charge in [0.15, 0.2) is 11.8 Å². The van der Waals surface area contributed by atoms with Crippen molar-refractivity contribution >= 4 is 29.9 Å². The van der Waals surface area contributed by atoms with E-state index in [1.807, 2.05) is 0 Å². The molecule has 0 spiro atoms. The number of aliphatic imine (C=N–C) groups is 1. The van der Waals surface area contributed by atoms with Crippen LogP contribution in [0.1, 0.15) is 38.4 Å². The average Bonchev–Trinajstić information content (AvgIpc) is 2.89. The molecule has 0 aromatic carbocycles. The molecule has 1 aliphatic heterocycles. The van der Waals surface area contributed by atoms with Gasteiger partial charge in [-0.3, -0.25) is 4.99 Å². The molecule has 1 saturated heterocycles. The molecule has 0 bridgehead atoms. The van der Waals surface area contributed by atoms with Gasteiger partial charge in [0, 0.05) is 39.1 Å². The topological polar surface area (TPSA) is 78.6 Å². The normalized spacial score (nSPS) is 17.4. The van der Waals surface area contributed by atoms with Crippen molar-refractivity contribution in [2.24, 2.45) is 4.99 Å². The number of hydrogen-bond donors (Lipinski definition) is 2. The molecule has 22 heavy (non-hydrogen) atoms. The summed E-state index contributed by atoms with van der Waals surface area (Å²) in [6, 6.07) is 1.10. The molecule has 0 atom stereocenters. The van der Waals surface area contributed by atoms with E-state index in [4.69, 9.17) is 4.52 Å². The van der Waals surface area contributed by atoms with Crippen molar-refractivity contribution in [2.45, 2.75) is 52.2 Å². The summed E-state index contributed by atoms with van der Waals surface area (Å²) in [6.45, 7) is 9.07. The predicted octanol–water partition coefficient (Wildman–Crippen LogP) is 1.53. The van der Waals surface area contributed by atoms with E-state index in [0.29, 0.717) is 30.3 Å². The molecule has 2 heterocycles. The second-order valence-electron chi connectivity index (χ2n) is 5.70. The molecule has 0 saturated carbocycles.